The molecule has 0 aliphatic heterocycles. The lowest BCUT2D eigenvalue weighted by molar-refractivity contribution is 0.163. The number of halogens is 1. The van der Waals surface area contributed by atoms with E-state index in [2.05, 4.69) is 4.74 Å². The highest BCUT2D eigenvalue weighted by Gasteiger charge is 2.14. The van der Waals surface area contributed by atoms with Gasteiger partial charge in [-0.3, -0.25) is 4.90 Å². The highest BCUT2D eigenvalue weighted by molar-refractivity contribution is 6.30. The fraction of sp³-hybridized carbons (Fsp3) is 0.111. The summed E-state index contributed by atoms with van der Waals surface area (Å²) in [5.74, 6) is 0. The SMILES string of the molecule is CN(C(=O)OC(N)=O)c1cccc(Cl)c1. The van der Waals surface area contributed by atoms with Crippen LogP contribution in [0.2, 0.25) is 5.02 Å². The fourth-order valence-electron chi connectivity index (χ4n) is 0.945. The molecule has 0 aliphatic carbocycles. The predicted octanol–water partition coefficient (Wildman–Crippen LogP) is 1.99. The average molecular weight is 229 g/mol. The number of amides is 2. The summed E-state index contributed by atoms with van der Waals surface area (Å²) in [6, 6.07) is 6.54. The zero-order valence-corrected chi connectivity index (χ0v) is 8.69. The molecule has 6 heteroatoms. The van der Waals surface area contributed by atoms with Gasteiger partial charge in [-0.1, -0.05) is 17.7 Å². The Kier molecular flexibility index (Phi) is 3.51. The van der Waals surface area contributed by atoms with E-state index >= 15 is 0 Å². The van der Waals surface area contributed by atoms with Crippen molar-refractivity contribution in [1.29, 1.82) is 0 Å². The molecule has 0 radical (unpaired) electrons. The smallest absolute Gasteiger partial charge is 0.359 e. The molecular weight excluding hydrogens is 220 g/mol. The third-order valence-electron chi connectivity index (χ3n) is 1.66. The summed E-state index contributed by atoms with van der Waals surface area (Å²) in [5.41, 5.74) is 5.21. The zero-order valence-electron chi connectivity index (χ0n) is 7.94. The first-order valence-electron chi connectivity index (χ1n) is 4.01. The Labute approximate surface area is 91.4 Å². The van der Waals surface area contributed by atoms with E-state index in [0.29, 0.717) is 10.7 Å². The molecular formula is C9H9ClN2O3. The van der Waals surface area contributed by atoms with Gasteiger partial charge >= 0.3 is 12.2 Å². The van der Waals surface area contributed by atoms with Crippen molar-refractivity contribution in [3.05, 3.63) is 29.3 Å². The monoisotopic (exact) mass is 228 g/mol. The second kappa shape index (κ2) is 4.65. The summed E-state index contributed by atoms with van der Waals surface area (Å²) in [7, 11) is 1.44. The Morgan fingerprint density at radius 2 is 2.13 bits per heavy atom. The molecule has 0 saturated carbocycles. The standard InChI is InChI=1S/C9H9ClN2O3/c1-12(9(14)15-8(11)13)7-4-2-3-6(10)5-7/h2-5H,1H3,(H2,11,13). The highest BCUT2D eigenvalue weighted by Crippen LogP contribution is 2.18. The summed E-state index contributed by atoms with van der Waals surface area (Å²) in [5, 5.41) is 0.478. The molecule has 80 valence electrons. The molecule has 0 bridgehead atoms. The van der Waals surface area contributed by atoms with Gasteiger partial charge in [-0.2, -0.15) is 0 Å². The number of anilines is 1. The van der Waals surface area contributed by atoms with Gasteiger partial charge in [-0.15, -0.1) is 0 Å². The minimum atomic E-state index is -1.14. The molecule has 2 N–H and O–H groups in total. The maximum atomic E-state index is 11.2. The van der Waals surface area contributed by atoms with Crippen LogP contribution in [0, 0.1) is 0 Å². The Hall–Kier alpha value is -1.75. The van der Waals surface area contributed by atoms with Crippen LogP contribution in [0.15, 0.2) is 24.3 Å². The first-order valence-corrected chi connectivity index (χ1v) is 4.39. The minimum Gasteiger partial charge on any atom is -0.359 e. The predicted molar refractivity (Wildman–Crippen MR) is 55.9 cm³/mol. The second-order valence-electron chi connectivity index (χ2n) is 2.73. The number of benzene rings is 1. The van der Waals surface area contributed by atoms with Gasteiger partial charge < -0.3 is 10.5 Å². The van der Waals surface area contributed by atoms with Crippen LogP contribution in [0.25, 0.3) is 0 Å². The van der Waals surface area contributed by atoms with Crippen molar-refractivity contribution in [2.45, 2.75) is 0 Å². The van der Waals surface area contributed by atoms with E-state index in [1.165, 1.54) is 7.05 Å². The Bertz CT molecular complexity index is 395. The summed E-state index contributed by atoms with van der Waals surface area (Å²) in [6.45, 7) is 0. The lowest BCUT2D eigenvalue weighted by Crippen LogP contribution is -2.31. The molecule has 1 aromatic rings. The third-order valence-corrected chi connectivity index (χ3v) is 1.89. The summed E-state index contributed by atoms with van der Waals surface area (Å²) in [4.78, 5) is 22.7. The molecule has 15 heavy (non-hydrogen) atoms. The molecule has 0 saturated heterocycles. The molecule has 0 heterocycles. The molecule has 0 unspecified atom stereocenters. The van der Waals surface area contributed by atoms with Crippen LogP contribution in [-0.4, -0.2) is 19.2 Å². The maximum absolute atomic E-state index is 11.2. The van der Waals surface area contributed by atoms with Crippen LogP contribution in [0.5, 0.6) is 0 Å². The number of hydrogen-bond acceptors (Lipinski definition) is 3. The summed E-state index contributed by atoms with van der Waals surface area (Å²) < 4.78 is 4.19. The number of carbonyl (C=O) groups excluding carboxylic acids is 2. The van der Waals surface area contributed by atoms with Crippen molar-refractivity contribution < 1.29 is 14.3 Å². The van der Waals surface area contributed by atoms with E-state index in [-0.39, 0.29) is 0 Å². The number of nitrogens with two attached hydrogens (primary N) is 1. The molecule has 0 fully saturated rings. The van der Waals surface area contributed by atoms with Gasteiger partial charge in [0.15, 0.2) is 0 Å². The molecule has 5 nitrogen and oxygen atoms in total. The van der Waals surface area contributed by atoms with Crippen molar-refractivity contribution in [3.8, 4) is 0 Å². The molecule has 0 atom stereocenters. The number of hydrogen-bond donors (Lipinski definition) is 1. The Morgan fingerprint density at radius 3 is 2.67 bits per heavy atom. The number of nitrogens with zero attached hydrogens (tertiary/aromatic N) is 1. The molecule has 2 amide bonds. The zero-order chi connectivity index (χ0) is 11.4. The number of rotatable bonds is 1. The topological polar surface area (TPSA) is 72.6 Å². The van der Waals surface area contributed by atoms with Gasteiger partial charge in [0.05, 0.1) is 0 Å². The first-order chi connectivity index (χ1) is 7.00. The van der Waals surface area contributed by atoms with Gasteiger partial charge in [-0.05, 0) is 18.2 Å². The highest BCUT2D eigenvalue weighted by atomic mass is 35.5. The maximum Gasteiger partial charge on any atom is 0.423 e. The average Bonchev–Trinajstić information content (AvgIpc) is 2.15. The van der Waals surface area contributed by atoms with E-state index < -0.39 is 12.2 Å². The van der Waals surface area contributed by atoms with Crippen molar-refractivity contribution >= 4 is 29.5 Å². The van der Waals surface area contributed by atoms with Crippen LogP contribution in [0.4, 0.5) is 15.3 Å². The van der Waals surface area contributed by atoms with Crippen molar-refractivity contribution in [1.82, 2.24) is 0 Å². The molecule has 1 aromatic carbocycles. The lowest BCUT2D eigenvalue weighted by Gasteiger charge is -2.15. The molecule has 0 aromatic heterocycles. The first kappa shape index (κ1) is 11.3. The summed E-state index contributed by atoms with van der Waals surface area (Å²) in [6.07, 6.45) is -2.00. The van der Waals surface area contributed by atoms with Crippen LogP contribution in [-0.2, 0) is 4.74 Å². The van der Waals surface area contributed by atoms with Gasteiger partial charge in [0.2, 0.25) is 0 Å². The van der Waals surface area contributed by atoms with Crippen LogP contribution >= 0.6 is 11.6 Å². The van der Waals surface area contributed by atoms with Crippen LogP contribution in [0.3, 0.4) is 0 Å². The lowest BCUT2D eigenvalue weighted by atomic mass is 10.3. The molecule has 0 spiro atoms. The number of ether oxygens (including phenoxy) is 1. The molecule has 1 rings (SSSR count). The summed E-state index contributed by atoms with van der Waals surface area (Å²) >= 11 is 5.73. The quantitative estimate of drug-likeness (QED) is 0.747. The van der Waals surface area contributed by atoms with Gasteiger partial charge in [0.1, 0.15) is 0 Å². The van der Waals surface area contributed by atoms with E-state index in [0.717, 1.165) is 4.90 Å². The van der Waals surface area contributed by atoms with Gasteiger partial charge in [0, 0.05) is 17.8 Å². The van der Waals surface area contributed by atoms with Crippen molar-refractivity contribution in [3.63, 3.8) is 0 Å². The van der Waals surface area contributed by atoms with E-state index in [1.54, 1.807) is 24.3 Å². The largest absolute Gasteiger partial charge is 0.423 e. The fourth-order valence-corrected chi connectivity index (χ4v) is 1.13. The van der Waals surface area contributed by atoms with E-state index in [4.69, 9.17) is 17.3 Å². The Morgan fingerprint density at radius 1 is 1.47 bits per heavy atom. The molecule has 0 aliphatic rings. The van der Waals surface area contributed by atoms with Crippen LogP contribution in [0.1, 0.15) is 0 Å². The van der Waals surface area contributed by atoms with Crippen LogP contribution < -0.4 is 10.6 Å². The minimum absolute atomic E-state index is 0.478. The van der Waals surface area contributed by atoms with E-state index in [1.807, 2.05) is 0 Å². The second-order valence-corrected chi connectivity index (χ2v) is 3.16. The van der Waals surface area contributed by atoms with Crippen molar-refractivity contribution in [2.75, 3.05) is 11.9 Å². The van der Waals surface area contributed by atoms with E-state index in [9.17, 15) is 9.59 Å². The van der Waals surface area contributed by atoms with Crippen molar-refractivity contribution in [2.24, 2.45) is 5.73 Å². The van der Waals surface area contributed by atoms with Gasteiger partial charge in [0.25, 0.3) is 0 Å². The van der Waals surface area contributed by atoms with Gasteiger partial charge in [-0.25, -0.2) is 9.59 Å². The Balaban J connectivity index is 2.80. The number of primary amides is 1. The number of carbonyl (C=O) groups is 2. The normalized spacial score (nSPS) is 9.47. The third kappa shape index (κ3) is 3.14.